The zero-order valence-electron chi connectivity index (χ0n) is 20.1. The van der Waals surface area contributed by atoms with Crippen LogP contribution in [0, 0.1) is 0 Å². The third kappa shape index (κ3) is 5.65. The van der Waals surface area contributed by atoms with Crippen LogP contribution in [0.4, 0.5) is 0 Å². The lowest BCUT2D eigenvalue weighted by Gasteiger charge is -2.30. The standard InChI is InChI=1S/C28H29N2O5P/c1-2-35-36(33,24-16-10-5-11-17-24)26(22-12-6-3-7-13-22)25(28(32)30-18-20-34-21-19-30)29-27(31)23-14-8-4-9-15-23/h3-17H,2,18-21H2,1H3,(H,29,31)/b26-25+/t36-/m1/s1. The average Bonchev–Trinajstić information content (AvgIpc) is 2.94. The largest absolute Gasteiger partial charge is 0.378 e. The second-order valence-corrected chi connectivity index (χ2v) is 10.4. The van der Waals surface area contributed by atoms with Crippen LogP contribution < -0.4 is 10.6 Å². The molecule has 1 fully saturated rings. The quantitative estimate of drug-likeness (QED) is 0.366. The maximum Gasteiger partial charge on any atom is 0.271 e. The Morgan fingerprint density at radius 1 is 0.861 bits per heavy atom. The number of benzene rings is 3. The minimum Gasteiger partial charge on any atom is -0.378 e. The molecule has 1 saturated heterocycles. The summed E-state index contributed by atoms with van der Waals surface area (Å²) in [7, 11) is -3.83. The highest BCUT2D eigenvalue weighted by Gasteiger charge is 2.38. The lowest BCUT2D eigenvalue weighted by molar-refractivity contribution is -0.131. The van der Waals surface area contributed by atoms with E-state index in [1.807, 2.05) is 12.1 Å². The second kappa shape index (κ2) is 12.0. The van der Waals surface area contributed by atoms with Crippen LogP contribution in [0.1, 0.15) is 22.8 Å². The smallest absolute Gasteiger partial charge is 0.271 e. The minimum absolute atomic E-state index is 0.0578. The maximum absolute atomic E-state index is 14.8. The zero-order chi connectivity index (χ0) is 25.4. The third-order valence-electron chi connectivity index (χ3n) is 5.77. The highest BCUT2D eigenvalue weighted by atomic mass is 31.2. The highest BCUT2D eigenvalue weighted by molar-refractivity contribution is 7.77. The molecular formula is C28H29N2O5P. The first-order chi connectivity index (χ1) is 17.5. The van der Waals surface area contributed by atoms with E-state index in [2.05, 4.69) is 5.32 Å². The summed E-state index contributed by atoms with van der Waals surface area (Å²) in [4.78, 5) is 28.9. The summed E-state index contributed by atoms with van der Waals surface area (Å²) in [6.07, 6.45) is 0. The van der Waals surface area contributed by atoms with E-state index in [4.69, 9.17) is 9.26 Å². The van der Waals surface area contributed by atoms with Crippen LogP contribution in [-0.2, 0) is 18.6 Å². The first kappa shape index (κ1) is 25.6. The number of nitrogens with one attached hydrogen (secondary N) is 1. The number of amides is 2. The molecule has 3 aromatic rings. The van der Waals surface area contributed by atoms with Crippen molar-refractivity contribution < 1.29 is 23.4 Å². The third-order valence-corrected chi connectivity index (χ3v) is 8.44. The van der Waals surface area contributed by atoms with Gasteiger partial charge in [-0.15, -0.1) is 0 Å². The van der Waals surface area contributed by atoms with Gasteiger partial charge in [0.2, 0.25) is 0 Å². The van der Waals surface area contributed by atoms with Gasteiger partial charge in [0.1, 0.15) is 5.70 Å². The van der Waals surface area contributed by atoms with Crippen molar-refractivity contribution in [3.8, 4) is 0 Å². The molecule has 8 heteroatoms. The SMILES string of the molecule is CCO[P@@](=O)(/C(=C(/NC(=O)c1ccccc1)C(=O)N1CCOCC1)c1ccccc1)c1ccccc1. The molecule has 1 aliphatic heterocycles. The lowest BCUT2D eigenvalue weighted by atomic mass is 10.1. The molecule has 186 valence electrons. The molecule has 1 N–H and O–H groups in total. The molecule has 3 aromatic carbocycles. The van der Waals surface area contributed by atoms with E-state index in [1.165, 1.54) is 0 Å². The van der Waals surface area contributed by atoms with Crippen molar-refractivity contribution >= 4 is 29.8 Å². The Bertz CT molecular complexity index is 1260. The van der Waals surface area contributed by atoms with Gasteiger partial charge in [-0.3, -0.25) is 14.2 Å². The summed E-state index contributed by atoms with van der Waals surface area (Å²) in [5, 5.41) is 3.42. The monoisotopic (exact) mass is 504 g/mol. The molecule has 0 radical (unpaired) electrons. The van der Waals surface area contributed by atoms with Crippen LogP contribution >= 0.6 is 7.37 Å². The lowest BCUT2D eigenvalue weighted by Crippen LogP contribution is -2.45. The molecule has 0 unspecified atom stereocenters. The molecule has 36 heavy (non-hydrogen) atoms. The number of hydrogen-bond donors (Lipinski definition) is 1. The normalized spacial score (nSPS) is 16.0. The van der Waals surface area contributed by atoms with Crippen LogP contribution in [0.3, 0.4) is 0 Å². The Labute approximate surface area is 211 Å². The summed E-state index contributed by atoms with van der Waals surface area (Å²) < 4.78 is 26.2. The highest BCUT2D eigenvalue weighted by Crippen LogP contribution is 2.59. The van der Waals surface area contributed by atoms with E-state index >= 15 is 0 Å². The first-order valence-corrected chi connectivity index (χ1v) is 13.5. The van der Waals surface area contributed by atoms with Crippen molar-refractivity contribution in [3.63, 3.8) is 0 Å². The minimum atomic E-state index is -3.83. The van der Waals surface area contributed by atoms with Gasteiger partial charge in [0, 0.05) is 24.0 Å². The van der Waals surface area contributed by atoms with Gasteiger partial charge in [0.25, 0.3) is 19.2 Å². The van der Waals surface area contributed by atoms with Crippen LogP contribution in [-0.4, -0.2) is 49.6 Å². The molecule has 1 heterocycles. The molecule has 0 bridgehead atoms. The molecule has 4 rings (SSSR count). The summed E-state index contributed by atoms with van der Waals surface area (Å²) in [6, 6.07) is 26.4. The maximum atomic E-state index is 14.8. The van der Waals surface area contributed by atoms with Gasteiger partial charge in [-0.1, -0.05) is 66.7 Å². The van der Waals surface area contributed by atoms with Gasteiger partial charge in [0.05, 0.1) is 25.1 Å². The summed E-state index contributed by atoms with van der Waals surface area (Å²) in [5.74, 6) is -0.908. The number of carbonyl (C=O) groups is 2. The van der Waals surface area contributed by atoms with Crippen molar-refractivity contribution in [2.75, 3.05) is 32.9 Å². The molecule has 0 spiro atoms. The van der Waals surface area contributed by atoms with Crippen molar-refractivity contribution in [2.24, 2.45) is 0 Å². The van der Waals surface area contributed by atoms with E-state index in [0.29, 0.717) is 42.7 Å². The van der Waals surface area contributed by atoms with E-state index in [1.54, 1.807) is 90.7 Å². The molecular weight excluding hydrogens is 475 g/mol. The topological polar surface area (TPSA) is 84.9 Å². The molecule has 7 nitrogen and oxygen atoms in total. The molecule has 1 atom stereocenters. The van der Waals surface area contributed by atoms with Crippen LogP contribution in [0.5, 0.6) is 0 Å². The Kier molecular flexibility index (Phi) is 8.49. The fourth-order valence-electron chi connectivity index (χ4n) is 4.05. The predicted octanol–water partition coefficient (Wildman–Crippen LogP) is 4.28. The predicted molar refractivity (Wildman–Crippen MR) is 140 cm³/mol. The van der Waals surface area contributed by atoms with Crippen molar-refractivity contribution in [3.05, 3.63) is 108 Å². The fourth-order valence-corrected chi connectivity index (χ4v) is 6.45. The van der Waals surface area contributed by atoms with E-state index in [0.717, 1.165) is 0 Å². The number of ether oxygens (including phenoxy) is 1. The van der Waals surface area contributed by atoms with E-state index in [-0.39, 0.29) is 17.6 Å². The summed E-state index contributed by atoms with van der Waals surface area (Å²) in [5.41, 5.74) is 0.851. The Balaban J connectivity index is 1.97. The van der Waals surface area contributed by atoms with Crippen molar-refractivity contribution in [1.82, 2.24) is 10.2 Å². The number of morpholine rings is 1. The van der Waals surface area contributed by atoms with Gasteiger partial charge in [0.15, 0.2) is 0 Å². The van der Waals surface area contributed by atoms with Crippen LogP contribution in [0.2, 0.25) is 0 Å². The number of nitrogens with zero attached hydrogens (tertiary/aromatic N) is 1. The Hall–Kier alpha value is -3.51. The Morgan fingerprint density at radius 2 is 1.39 bits per heavy atom. The van der Waals surface area contributed by atoms with Crippen molar-refractivity contribution in [2.45, 2.75) is 6.92 Å². The molecule has 0 saturated carbocycles. The van der Waals surface area contributed by atoms with Crippen molar-refractivity contribution in [1.29, 1.82) is 0 Å². The van der Waals surface area contributed by atoms with E-state index in [9.17, 15) is 14.2 Å². The second-order valence-electron chi connectivity index (χ2n) is 8.12. The summed E-state index contributed by atoms with van der Waals surface area (Å²) >= 11 is 0. The first-order valence-electron chi connectivity index (χ1n) is 11.9. The molecule has 0 aromatic heterocycles. The van der Waals surface area contributed by atoms with Gasteiger partial charge in [-0.25, -0.2) is 0 Å². The average molecular weight is 505 g/mol. The summed E-state index contributed by atoms with van der Waals surface area (Å²) in [6.45, 7) is 3.38. The number of carbonyl (C=O) groups excluding carboxylic acids is 2. The Morgan fingerprint density at radius 3 is 1.94 bits per heavy atom. The number of rotatable bonds is 8. The van der Waals surface area contributed by atoms with Gasteiger partial charge >= 0.3 is 0 Å². The number of hydrogen-bond acceptors (Lipinski definition) is 5. The molecule has 1 aliphatic rings. The van der Waals surface area contributed by atoms with Crippen LogP contribution in [0.15, 0.2) is 96.7 Å². The van der Waals surface area contributed by atoms with E-state index < -0.39 is 19.2 Å². The van der Waals surface area contributed by atoms with Gasteiger partial charge in [-0.2, -0.15) is 0 Å². The van der Waals surface area contributed by atoms with Gasteiger partial charge < -0.3 is 19.5 Å². The molecule has 0 aliphatic carbocycles. The van der Waals surface area contributed by atoms with Crippen LogP contribution in [0.25, 0.3) is 5.31 Å². The zero-order valence-corrected chi connectivity index (χ0v) is 21.0. The van der Waals surface area contributed by atoms with Gasteiger partial charge in [-0.05, 0) is 36.8 Å². The fraction of sp³-hybridized carbons (Fsp3) is 0.214. The molecule has 2 amide bonds.